The number of carbonyl (C=O) groups excluding carboxylic acids is 1. The zero-order valence-corrected chi connectivity index (χ0v) is 24.1. The molecule has 2 saturated heterocycles. The van der Waals surface area contributed by atoms with Crippen LogP contribution in [0.5, 0.6) is 11.5 Å². The maximum absolute atomic E-state index is 14.2. The van der Waals surface area contributed by atoms with Crippen molar-refractivity contribution in [2.45, 2.75) is 51.2 Å². The number of rotatable bonds is 7. The number of nitrogens with zero attached hydrogens (tertiary/aromatic N) is 3. The third-order valence-electron chi connectivity index (χ3n) is 9.00. The van der Waals surface area contributed by atoms with Crippen LogP contribution in [0.25, 0.3) is 22.2 Å². The molecule has 42 heavy (non-hydrogen) atoms. The second kappa shape index (κ2) is 12.1. The standard InChI is InChI=1S/C35H38N4O3/c40-35(36-22-25-13-14-31-32(21-25)42-24-41-31)33-28-11-5-6-12-30(28)37-34(26-9-3-1-4-10-26)29(33)23-38-19-15-27(16-20-38)39-17-7-2-8-18-39/h1,3-6,9-14,21,27H,2,7-8,15-20,22-24H2,(H,36,40). The van der Waals surface area contributed by atoms with E-state index in [9.17, 15) is 4.79 Å². The summed E-state index contributed by atoms with van der Waals surface area (Å²) in [5, 5.41) is 4.10. The van der Waals surface area contributed by atoms with E-state index in [1.54, 1.807) is 0 Å². The van der Waals surface area contributed by atoms with Crippen LogP contribution in [0.3, 0.4) is 0 Å². The molecule has 7 heteroatoms. The zero-order chi connectivity index (χ0) is 28.3. The summed E-state index contributed by atoms with van der Waals surface area (Å²) in [4.78, 5) is 24.5. The number of hydrogen-bond donors (Lipinski definition) is 1. The average molecular weight is 563 g/mol. The Kier molecular flexibility index (Phi) is 7.77. The third-order valence-corrected chi connectivity index (χ3v) is 9.00. The van der Waals surface area contributed by atoms with Gasteiger partial charge in [0.25, 0.3) is 5.91 Å². The van der Waals surface area contributed by atoms with E-state index in [1.165, 1.54) is 45.2 Å². The number of benzene rings is 3. The molecule has 1 N–H and O–H groups in total. The predicted molar refractivity (Wildman–Crippen MR) is 165 cm³/mol. The van der Waals surface area contributed by atoms with Gasteiger partial charge in [-0.3, -0.25) is 9.69 Å². The summed E-state index contributed by atoms with van der Waals surface area (Å²) in [6, 6.07) is 24.8. The van der Waals surface area contributed by atoms with Gasteiger partial charge in [0.15, 0.2) is 11.5 Å². The summed E-state index contributed by atoms with van der Waals surface area (Å²) in [5.41, 5.74) is 5.44. The highest BCUT2D eigenvalue weighted by molar-refractivity contribution is 6.09. The summed E-state index contributed by atoms with van der Waals surface area (Å²) < 4.78 is 11.0. The second-order valence-electron chi connectivity index (χ2n) is 11.7. The minimum Gasteiger partial charge on any atom is -0.454 e. The molecule has 7 rings (SSSR count). The van der Waals surface area contributed by atoms with E-state index in [4.69, 9.17) is 14.5 Å². The lowest BCUT2D eigenvalue weighted by Gasteiger charge is -2.40. The van der Waals surface area contributed by atoms with Crippen molar-refractivity contribution in [3.63, 3.8) is 0 Å². The summed E-state index contributed by atoms with van der Waals surface area (Å²) in [6.45, 7) is 5.86. The van der Waals surface area contributed by atoms with Crippen molar-refractivity contribution >= 4 is 16.8 Å². The molecule has 0 aliphatic carbocycles. The van der Waals surface area contributed by atoms with E-state index in [1.807, 2.05) is 60.7 Å². The Hall–Kier alpha value is -3.94. The number of para-hydroxylation sites is 1. The lowest BCUT2D eigenvalue weighted by molar-refractivity contribution is 0.0885. The predicted octanol–water partition coefficient (Wildman–Crippen LogP) is 6.01. The molecule has 216 valence electrons. The molecule has 0 bridgehead atoms. The highest BCUT2D eigenvalue weighted by Crippen LogP contribution is 2.34. The van der Waals surface area contributed by atoms with Crippen LogP contribution in [0, 0.1) is 0 Å². The van der Waals surface area contributed by atoms with Crippen LogP contribution in [0.15, 0.2) is 72.8 Å². The Labute approximate surface area is 247 Å². The molecular formula is C35H38N4O3. The fourth-order valence-electron chi connectivity index (χ4n) is 6.77. The van der Waals surface area contributed by atoms with Gasteiger partial charge in [-0.1, -0.05) is 61.0 Å². The molecule has 1 amide bonds. The van der Waals surface area contributed by atoms with Gasteiger partial charge in [-0.05, 0) is 75.6 Å². The van der Waals surface area contributed by atoms with Crippen molar-refractivity contribution in [3.8, 4) is 22.8 Å². The minimum atomic E-state index is -0.0818. The Morgan fingerprint density at radius 2 is 1.62 bits per heavy atom. The van der Waals surface area contributed by atoms with Crippen molar-refractivity contribution in [2.75, 3.05) is 33.0 Å². The highest BCUT2D eigenvalue weighted by Gasteiger charge is 2.28. The summed E-state index contributed by atoms with van der Waals surface area (Å²) in [6.07, 6.45) is 6.37. The van der Waals surface area contributed by atoms with Gasteiger partial charge in [0, 0.05) is 35.6 Å². The number of carbonyl (C=O) groups is 1. The monoisotopic (exact) mass is 562 g/mol. The molecule has 0 atom stereocenters. The molecule has 0 spiro atoms. The Bertz CT molecular complexity index is 1560. The number of aromatic nitrogens is 1. The van der Waals surface area contributed by atoms with Crippen molar-refractivity contribution in [1.82, 2.24) is 20.1 Å². The van der Waals surface area contributed by atoms with Crippen molar-refractivity contribution in [3.05, 3.63) is 89.5 Å². The second-order valence-corrected chi connectivity index (χ2v) is 11.7. The van der Waals surface area contributed by atoms with Gasteiger partial charge in [0.1, 0.15) is 0 Å². The summed E-state index contributed by atoms with van der Waals surface area (Å²) in [7, 11) is 0. The van der Waals surface area contributed by atoms with Crippen molar-refractivity contribution in [1.29, 1.82) is 0 Å². The normalized spacial score (nSPS) is 17.9. The number of piperidine rings is 2. The van der Waals surface area contributed by atoms with E-state index in [0.29, 0.717) is 19.1 Å². The van der Waals surface area contributed by atoms with Crippen LogP contribution in [-0.4, -0.2) is 59.7 Å². The first-order valence-corrected chi connectivity index (χ1v) is 15.3. The molecule has 7 nitrogen and oxygen atoms in total. The molecule has 0 radical (unpaired) electrons. The van der Waals surface area contributed by atoms with Gasteiger partial charge in [0.2, 0.25) is 6.79 Å². The lowest BCUT2D eigenvalue weighted by atomic mass is 9.94. The Balaban J connectivity index is 1.20. The smallest absolute Gasteiger partial charge is 0.252 e. The van der Waals surface area contributed by atoms with Crippen molar-refractivity contribution < 1.29 is 14.3 Å². The third kappa shape index (κ3) is 5.59. The molecular weight excluding hydrogens is 524 g/mol. The minimum absolute atomic E-state index is 0.0818. The van der Waals surface area contributed by atoms with Gasteiger partial charge in [-0.25, -0.2) is 4.98 Å². The summed E-state index contributed by atoms with van der Waals surface area (Å²) >= 11 is 0. The maximum atomic E-state index is 14.2. The van der Waals surface area contributed by atoms with Crippen LogP contribution in [0.2, 0.25) is 0 Å². The maximum Gasteiger partial charge on any atom is 0.252 e. The molecule has 3 aliphatic heterocycles. The topological polar surface area (TPSA) is 66.9 Å². The van der Waals surface area contributed by atoms with Crippen LogP contribution in [0.4, 0.5) is 0 Å². The number of fused-ring (bicyclic) bond motifs is 2. The Morgan fingerprint density at radius 1 is 0.857 bits per heavy atom. The van der Waals surface area contributed by atoms with Gasteiger partial charge >= 0.3 is 0 Å². The first-order chi connectivity index (χ1) is 20.7. The van der Waals surface area contributed by atoms with E-state index >= 15 is 0 Å². The first-order valence-electron chi connectivity index (χ1n) is 15.3. The SMILES string of the molecule is O=C(NCc1ccc2c(c1)OCO2)c1c(CN2CCC(N3CCCCC3)CC2)c(-c2ccccc2)nc2ccccc12. The van der Waals surface area contributed by atoms with E-state index < -0.39 is 0 Å². The van der Waals surface area contributed by atoms with Gasteiger partial charge in [-0.2, -0.15) is 0 Å². The molecule has 0 unspecified atom stereocenters. The van der Waals surface area contributed by atoms with Crippen LogP contribution < -0.4 is 14.8 Å². The first kappa shape index (κ1) is 26.9. The lowest BCUT2D eigenvalue weighted by Crippen LogP contribution is -2.46. The van der Waals surface area contributed by atoms with Crippen LogP contribution >= 0.6 is 0 Å². The van der Waals surface area contributed by atoms with Crippen LogP contribution in [0.1, 0.15) is 53.6 Å². The molecule has 0 saturated carbocycles. The number of likely N-dealkylation sites (tertiary alicyclic amines) is 2. The van der Waals surface area contributed by atoms with Crippen LogP contribution in [-0.2, 0) is 13.1 Å². The number of amides is 1. The van der Waals surface area contributed by atoms with Gasteiger partial charge < -0.3 is 19.7 Å². The van der Waals surface area contributed by atoms with Gasteiger partial charge in [0.05, 0.1) is 16.8 Å². The zero-order valence-electron chi connectivity index (χ0n) is 24.1. The molecule has 4 aromatic rings. The molecule has 3 aliphatic rings. The highest BCUT2D eigenvalue weighted by atomic mass is 16.7. The molecule has 3 aromatic carbocycles. The van der Waals surface area contributed by atoms with Crippen molar-refractivity contribution in [2.24, 2.45) is 0 Å². The number of hydrogen-bond acceptors (Lipinski definition) is 6. The number of nitrogens with one attached hydrogen (secondary N) is 1. The molecule has 1 aromatic heterocycles. The largest absolute Gasteiger partial charge is 0.454 e. The number of ether oxygens (including phenoxy) is 2. The fourth-order valence-corrected chi connectivity index (χ4v) is 6.77. The number of pyridine rings is 1. The quantitative estimate of drug-likeness (QED) is 0.298. The van der Waals surface area contributed by atoms with Gasteiger partial charge in [-0.15, -0.1) is 0 Å². The summed E-state index contributed by atoms with van der Waals surface area (Å²) in [5.74, 6) is 1.38. The van der Waals surface area contributed by atoms with E-state index in [2.05, 4.69) is 27.2 Å². The average Bonchev–Trinajstić information content (AvgIpc) is 3.53. The molecule has 4 heterocycles. The fraction of sp³-hybridized carbons (Fsp3) is 0.371. The molecule has 2 fully saturated rings. The van der Waals surface area contributed by atoms with E-state index in [-0.39, 0.29) is 12.7 Å². The van der Waals surface area contributed by atoms with E-state index in [0.717, 1.165) is 63.4 Å². The Morgan fingerprint density at radius 3 is 2.45 bits per heavy atom.